The predicted octanol–water partition coefficient (Wildman–Crippen LogP) is 1.50. The molecule has 5 nitrogen and oxygen atoms in total. The van der Waals surface area contributed by atoms with Crippen molar-refractivity contribution < 1.29 is 14.7 Å². The molecule has 1 saturated carbocycles. The highest BCUT2D eigenvalue weighted by molar-refractivity contribution is 5.79. The minimum absolute atomic E-state index is 0.0981. The van der Waals surface area contributed by atoms with Crippen molar-refractivity contribution in [3.8, 4) is 0 Å². The van der Waals surface area contributed by atoms with E-state index in [0.717, 1.165) is 12.8 Å². The van der Waals surface area contributed by atoms with Gasteiger partial charge >= 0.3 is 5.97 Å². The normalized spacial score (nSPS) is 26.2. The lowest BCUT2D eigenvalue weighted by atomic mass is 9.78. The van der Waals surface area contributed by atoms with Gasteiger partial charge in [0.05, 0.1) is 13.1 Å². The summed E-state index contributed by atoms with van der Waals surface area (Å²) < 4.78 is 0. The average Bonchev–Trinajstić information content (AvgIpc) is 2.34. The van der Waals surface area contributed by atoms with E-state index in [1.54, 1.807) is 11.0 Å². The van der Waals surface area contributed by atoms with Crippen molar-refractivity contribution in [2.24, 2.45) is 11.8 Å². The first-order valence-corrected chi connectivity index (χ1v) is 7.28. The van der Waals surface area contributed by atoms with Crippen LogP contribution in [0.3, 0.4) is 0 Å². The summed E-state index contributed by atoms with van der Waals surface area (Å²) >= 11 is 0. The Morgan fingerprint density at radius 2 is 2.05 bits per heavy atom. The fraction of sp³-hybridized carbons (Fsp3) is 0.733. The molecule has 0 aromatic rings. The molecular formula is C15H26N2O3. The molecule has 0 heterocycles. The van der Waals surface area contributed by atoms with Gasteiger partial charge in [-0.2, -0.15) is 0 Å². The molecule has 1 amide bonds. The summed E-state index contributed by atoms with van der Waals surface area (Å²) in [4.78, 5) is 24.4. The molecule has 3 atom stereocenters. The molecule has 1 rings (SSSR count). The van der Waals surface area contributed by atoms with Gasteiger partial charge in [0.1, 0.15) is 0 Å². The van der Waals surface area contributed by atoms with Crippen molar-refractivity contribution in [2.75, 3.05) is 19.6 Å². The number of hydrogen-bond acceptors (Lipinski definition) is 3. The number of carboxylic acid groups (broad SMARTS) is 1. The molecular weight excluding hydrogens is 256 g/mol. The van der Waals surface area contributed by atoms with Gasteiger partial charge in [0.15, 0.2) is 0 Å². The van der Waals surface area contributed by atoms with E-state index in [-0.39, 0.29) is 25.0 Å². The van der Waals surface area contributed by atoms with E-state index in [0.29, 0.717) is 18.4 Å². The van der Waals surface area contributed by atoms with Crippen LogP contribution >= 0.6 is 0 Å². The molecule has 0 radical (unpaired) electrons. The number of carbonyl (C=O) groups excluding carboxylic acids is 1. The molecule has 1 aliphatic carbocycles. The Kier molecular flexibility index (Phi) is 6.71. The van der Waals surface area contributed by atoms with Crippen molar-refractivity contribution in [2.45, 2.75) is 39.2 Å². The van der Waals surface area contributed by atoms with Crippen LogP contribution in [0.4, 0.5) is 0 Å². The first-order chi connectivity index (χ1) is 9.43. The van der Waals surface area contributed by atoms with Crippen molar-refractivity contribution in [1.29, 1.82) is 0 Å². The molecule has 2 N–H and O–H groups in total. The molecule has 0 aromatic heterocycles. The van der Waals surface area contributed by atoms with Crippen LogP contribution in [0.1, 0.15) is 33.1 Å². The topological polar surface area (TPSA) is 69.6 Å². The summed E-state index contributed by atoms with van der Waals surface area (Å²) in [5.74, 6) is 0.0655. The summed E-state index contributed by atoms with van der Waals surface area (Å²) in [5.41, 5.74) is 0. The third-order valence-electron chi connectivity index (χ3n) is 4.17. The van der Waals surface area contributed by atoms with Crippen LogP contribution in [0, 0.1) is 11.8 Å². The zero-order valence-electron chi connectivity index (χ0n) is 12.5. The van der Waals surface area contributed by atoms with Crippen LogP contribution in [0.5, 0.6) is 0 Å². The van der Waals surface area contributed by atoms with Crippen molar-refractivity contribution >= 4 is 11.9 Å². The summed E-state index contributed by atoms with van der Waals surface area (Å²) in [5, 5.41) is 11.9. The van der Waals surface area contributed by atoms with Gasteiger partial charge in [-0.15, -0.1) is 6.58 Å². The Balaban J connectivity index is 2.47. The second kappa shape index (κ2) is 8.04. The number of hydrogen-bond donors (Lipinski definition) is 2. The van der Waals surface area contributed by atoms with Crippen LogP contribution in [-0.2, 0) is 9.59 Å². The van der Waals surface area contributed by atoms with Crippen LogP contribution < -0.4 is 5.32 Å². The number of carbonyl (C=O) groups is 2. The number of aliphatic carboxylic acids is 1. The molecule has 20 heavy (non-hydrogen) atoms. The second-order valence-corrected chi connectivity index (χ2v) is 5.79. The molecule has 1 aliphatic rings. The quantitative estimate of drug-likeness (QED) is 0.694. The molecule has 0 aliphatic heterocycles. The number of nitrogens with zero attached hydrogens (tertiary/aromatic N) is 1. The molecule has 0 aromatic carbocycles. The van der Waals surface area contributed by atoms with E-state index in [4.69, 9.17) is 5.11 Å². The number of nitrogens with one attached hydrogen (secondary N) is 1. The lowest BCUT2D eigenvalue weighted by Gasteiger charge is -2.35. The van der Waals surface area contributed by atoms with E-state index >= 15 is 0 Å². The minimum atomic E-state index is -0.931. The van der Waals surface area contributed by atoms with Crippen molar-refractivity contribution in [3.63, 3.8) is 0 Å². The van der Waals surface area contributed by atoms with Gasteiger partial charge in [-0.1, -0.05) is 32.8 Å². The molecule has 3 unspecified atom stereocenters. The Bertz CT molecular complexity index is 357. The fourth-order valence-electron chi connectivity index (χ4n) is 2.80. The van der Waals surface area contributed by atoms with Gasteiger partial charge in [-0.25, -0.2) is 0 Å². The van der Waals surface area contributed by atoms with E-state index in [1.807, 2.05) is 0 Å². The van der Waals surface area contributed by atoms with E-state index in [9.17, 15) is 9.59 Å². The summed E-state index contributed by atoms with van der Waals surface area (Å²) in [7, 11) is 0. The van der Waals surface area contributed by atoms with Crippen LogP contribution in [0.2, 0.25) is 0 Å². The Morgan fingerprint density at radius 1 is 1.35 bits per heavy atom. The highest BCUT2D eigenvalue weighted by Gasteiger charge is 2.28. The SMILES string of the molecule is C=CCN(CC(=O)O)CC(=O)NC1CCCC(C)C1C. The summed E-state index contributed by atoms with van der Waals surface area (Å²) in [6.45, 7) is 8.34. The smallest absolute Gasteiger partial charge is 0.317 e. The maximum absolute atomic E-state index is 12.1. The number of amides is 1. The standard InChI is InChI=1S/C15H26N2O3/c1-4-8-17(10-15(19)20)9-14(18)16-13-7-5-6-11(2)12(13)3/h4,11-13H,1,5-10H2,2-3H3,(H,16,18)(H,19,20). The lowest BCUT2D eigenvalue weighted by molar-refractivity contribution is -0.138. The van der Waals surface area contributed by atoms with Gasteiger partial charge in [0.25, 0.3) is 0 Å². The maximum Gasteiger partial charge on any atom is 0.317 e. The van der Waals surface area contributed by atoms with E-state index < -0.39 is 5.97 Å². The maximum atomic E-state index is 12.1. The fourth-order valence-corrected chi connectivity index (χ4v) is 2.80. The Morgan fingerprint density at radius 3 is 2.65 bits per heavy atom. The van der Waals surface area contributed by atoms with Crippen molar-refractivity contribution in [1.82, 2.24) is 10.2 Å². The largest absolute Gasteiger partial charge is 0.480 e. The summed E-state index contributed by atoms with van der Waals surface area (Å²) in [6, 6.07) is 0.210. The first-order valence-electron chi connectivity index (χ1n) is 7.28. The van der Waals surface area contributed by atoms with E-state index in [1.165, 1.54) is 6.42 Å². The zero-order valence-corrected chi connectivity index (χ0v) is 12.5. The monoisotopic (exact) mass is 282 g/mol. The minimum Gasteiger partial charge on any atom is -0.480 e. The van der Waals surface area contributed by atoms with Gasteiger partial charge in [0, 0.05) is 12.6 Å². The molecule has 1 fully saturated rings. The molecule has 0 saturated heterocycles. The molecule has 0 bridgehead atoms. The van der Waals surface area contributed by atoms with Crippen LogP contribution in [0.25, 0.3) is 0 Å². The van der Waals surface area contributed by atoms with Gasteiger partial charge in [0.2, 0.25) is 5.91 Å². The van der Waals surface area contributed by atoms with Gasteiger partial charge < -0.3 is 10.4 Å². The van der Waals surface area contributed by atoms with Crippen LogP contribution in [-0.4, -0.2) is 47.6 Å². The highest BCUT2D eigenvalue weighted by Crippen LogP contribution is 2.29. The third-order valence-corrected chi connectivity index (χ3v) is 4.17. The summed E-state index contributed by atoms with van der Waals surface area (Å²) in [6.07, 6.45) is 4.98. The zero-order chi connectivity index (χ0) is 15.1. The number of rotatable bonds is 7. The first kappa shape index (κ1) is 16.7. The van der Waals surface area contributed by atoms with Gasteiger partial charge in [-0.3, -0.25) is 14.5 Å². The van der Waals surface area contributed by atoms with E-state index in [2.05, 4.69) is 25.7 Å². The average molecular weight is 282 g/mol. The predicted molar refractivity (Wildman–Crippen MR) is 78.4 cm³/mol. The lowest BCUT2D eigenvalue weighted by Crippen LogP contribution is -2.48. The number of carboxylic acids is 1. The Labute approximate surface area is 121 Å². The molecule has 114 valence electrons. The molecule has 0 spiro atoms. The molecule has 5 heteroatoms. The van der Waals surface area contributed by atoms with Crippen LogP contribution in [0.15, 0.2) is 12.7 Å². The third kappa shape index (κ3) is 5.33. The second-order valence-electron chi connectivity index (χ2n) is 5.79. The van der Waals surface area contributed by atoms with Gasteiger partial charge in [-0.05, 0) is 18.3 Å². The Hall–Kier alpha value is -1.36. The van der Waals surface area contributed by atoms with Crippen molar-refractivity contribution in [3.05, 3.63) is 12.7 Å². The highest BCUT2D eigenvalue weighted by atomic mass is 16.4.